The molecule has 0 bridgehead atoms. The number of rotatable bonds is 8. The van der Waals surface area contributed by atoms with Crippen molar-refractivity contribution in [2.45, 2.75) is 6.92 Å². The number of carbonyl (C=O) groups is 2. The molecule has 0 fully saturated rings. The van der Waals surface area contributed by atoms with Gasteiger partial charge in [0.1, 0.15) is 15.6 Å². The van der Waals surface area contributed by atoms with Crippen LogP contribution in [0.15, 0.2) is 42.5 Å². The third-order valence-corrected chi connectivity index (χ3v) is 5.70. The number of hydrogen-bond donors (Lipinski definition) is 3. The fraction of sp³-hybridized carbons (Fsp3) is 0.227. The first-order valence-corrected chi connectivity index (χ1v) is 10.4. The predicted molar refractivity (Wildman–Crippen MR) is 122 cm³/mol. The Bertz CT molecular complexity index is 1100. The summed E-state index contributed by atoms with van der Waals surface area (Å²) in [6.45, 7) is 1.73. The van der Waals surface area contributed by atoms with Gasteiger partial charge in [-0.3, -0.25) is 20.4 Å². The standard InChI is InChI=1S/C22H24N4O5S/c1-13-20(32-22(24-13)14-5-10-17(30-3)18(11-14)31-4)21(28)26-25-19(27)12-23-15-6-8-16(29-2)9-7-15/h5-11,23H,12H2,1-4H3,(H,25,27)(H,26,28). The van der Waals surface area contributed by atoms with Crippen molar-refractivity contribution in [1.29, 1.82) is 0 Å². The Morgan fingerprint density at radius 1 is 0.938 bits per heavy atom. The minimum Gasteiger partial charge on any atom is -0.497 e. The summed E-state index contributed by atoms with van der Waals surface area (Å²) >= 11 is 1.22. The summed E-state index contributed by atoms with van der Waals surface area (Å²) in [6.07, 6.45) is 0. The van der Waals surface area contributed by atoms with E-state index in [4.69, 9.17) is 14.2 Å². The van der Waals surface area contributed by atoms with E-state index in [1.165, 1.54) is 11.3 Å². The van der Waals surface area contributed by atoms with E-state index in [0.717, 1.165) is 17.0 Å². The maximum absolute atomic E-state index is 12.5. The summed E-state index contributed by atoms with van der Waals surface area (Å²) < 4.78 is 15.7. The van der Waals surface area contributed by atoms with E-state index in [-0.39, 0.29) is 6.54 Å². The number of aromatic nitrogens is 1. The maximum atomic E-state index is 12.5. The predicted octanol–water partition coefficient (Wildman–Crippen LogP) is 3.02. The topological polar surface area (TPSA) is 111 Å². The third-order valence-electron chi connectivity index (χ3n) is 4.49. The van der Waals surface area contributed by atoms with Crippen molar-refractivity contribution in [1.82, 2.24) is 15.8 Å². The lowest BCUT2D eigenvalue weighted by molar-refractivity contribution is -0.120. The molecule has 3 N–H and O–H groups in total. The SMILES string of the molecule is COc1ccc(NCC(=O)NNC(=O)c2sc(-c3ccc(OC)c(OC)c3)nc2C)cc1. The molecular formula is C22H24N4O5S. The van der Waals surface area contributed by atoms with Gasteiger partial charge in [0.2, 0.25) is 0 Å². The third kappa shape index (κ3) is 5.46. The fourth-order valence-electron chi connectivity index (χ4n) is 2.82. The molecule has 2 amide bonds. The Labute approximate surface area is 189 Å². The Balaban J connectivity index is 1.58. The van der Waals surface area contributed by atoms with Crippen molar-refractivity contribution < 1.29 is 23.8 Å². The van der Waals surface area contributed by atoms with Crippen LogP contribution in [0.25, 0.3) is 10.6 Å². The smallest absolute Gasteiger partial charge is 0.281 e. The van der Waals surface area contributed by atoms with Gasteiger partial charge in [-0.2, -0.15) is 0 Å². The number of carbonyl (C=O) groups excluding carboxylic acids is 2. The zero-order valence-electron chi connectivity index (χ0n) is 18.1. The van der Waals surface area contributed by atoms with Gasteiger partial charge in [0, 0.05) is 11.3 Å². The molecule has 0 saturated carbocycles. The van der Waals surface area contributed by atoms with Gasteiger partial charge in [0.15, 0.2) is 11.5 Å². The van der Waals surface area contributed by atoms with Crippen LogP contribution in [0, 0.1) is 6.92 Å². The highest BCUT2D eigenvalue weighted by molar-refractivity contribution is 7.17. The highest BCUT2D eigenvalue weighted by Crippen LogP contribution is 2.34. The number of anilines is 1. The second-order valence-electron chi connectivity index (χ2n) is 6.59. The first kappa shape index (κ1) is 22.9. The number of nitrogens with one attached hydrogen (secondary N) is 3. The molecule has 0 atom stereocenters. The summed E-state index contributed by atoms with van der Waals surface area (Å²) in [4.78, 5) is 29.5. The van der Waals surface area contributed by atoms with E-state index in [1.807, 2.05) is 6.07 Å². The molecule has 0 spiro atoms. The van der Waals surface area contributed by atoms with Crippen molar-refractivity contribution in [2.75, 3.05) is 33.2 Å². The number of nitrogens with zero attached hydrogens (tertiary/aromatic N) is 1. The van der Waals surface area contributed by atoms with Crippen LogP contribution < -0.4 is 30.4 Å². The molecule has 168 valence electrons. The van der Waals surface area contributed by atoms with Crippen molar-refractivity contribution in [3.8, 4) is 27.8 Å². The molecule has 10 heteroatoms. The van der Waals surface area contributed by atoms with Crippen LogP contribution in [0.5, 0.6) is 17.2 Å². The second-order valence-corrected chi connectivity index (χ2v) is 7.59. The molecule has 0 aliphatic carbocycles. The first-order chi connectivity index (χ1) is 15.4. The molecule has 2 aromatic carbocycles. The Kier molecular flexibility index (Phi) is 7.50. The van der Waals surface area contributed by atoms with Crippen LogP contribution in [0.4, 0.5) is 5.69 Å². The molecule has 9 nitrogen and oxygen atoms in total. The van der Waals surface area contributed by atoms with Crippen LogP contribution in [-0.4, -0.2) is 44.7 Å². The number of benzene rings is 2. The van der Waals surface area contributed by atoms with E-state index < -0.39 is 11.8 Å². The number of thiazole rings is 1. The van der Waals surface area contributed by atoms with Crippen molar-refractivity contribution in [2.24, 2.45) is 0 Å². The van der Waals surface area contributed by atoms with Gasteiger partial charge in [0.25, 0.3) is 11.8 Å². The van der Waals surface area contributed by atoms with Crippen LogP contribution in [-0.2, 0) is 4.79 Å². The highest BCUT2D eigenvalue weighted by Gasteiger charge is 2.18. The van der Waals surface area contributed by atoms with Gasteiger partial charge >= 0.3 is 0 Å². The van der Waals surface area contributed by atoms with Gasteiger partial charge in [-0.1, -0.05) is 0 Å². The molecule has 32 heavy (non-hydrogen) atoms. The average molecular weight is 457 g/mol. The summed E-state index contributed by atoms with van der Waals surface area (Å²) in [5, 5.41) is 3.62. The number of ether oxygens (including phenoxy) is 3. The number of amides is 2. The van der Waals surface area contributed by atoms with E-state index in [9.17, 15) is 9.59 Å². The minimum atomic E-state index is -0.440. The van der Waals surface area contributed by atoms with Crippen molar-refractivity contribution in [3.63, 3.8) is 0 Å². The lowest BCUT2D eigenvalue weighted by Gasteiger charge is -2.09. The normalized spacial score (nSPS) is 10.2. The van der Waals surface area contributed by atoms with E-state index >= 15 is 0 Å². The van der Waals surface area contributed by atoms with E-state index in [1.54, 1.807) is 64.7 Å². The first-order valence-electron chi connectivity index (χ1n) is 9.62. The number of hydrazine groups is 1. The fourth-order valence-corrected chi connectivity index (χ4v) is 3.78. The quantitative estimate of drug-likeness (QED) is 0.447. The lowest BCUT2D eigenvalue weighted by atomic mass is 10.2. The van der Waals surface area contributed by atoms with Crippen LogP contribution in [0.1, 0.15) is 15.4 Å². The van der Waals surface area contributed by atoms with Gasteiger partial charge in [-0.15, -0.1) is 11.3 Å². The van der Waals surface area contributed by atoms with Crippen molar-refractivity contribution in [3.05, 3.63) is 53.0 Å². The molecule has 1 aromatic heterocycles. The average Bonchev–Trinajstić information content (AvgIpc) is 3.22. The van der Waals surface area contributed by atoms with E-state index in [0.29, 0.717) is 27.1 Å². The van der Waals surface area contributed by atoms with Crippen molar-refractivity contribution >= 4 is 28.8 Å². The number of methoxy groups -OCH3 is 3. The Morgan fingerprint density at radius 2 is 1.66 bits per heavy atom. The number of aryl methyl sites for hydroxylation is 1. The second kappa shape index (κ2) is 10.5. The van der Waals surface area contributed by atoms with Gasteiger partial charge < -0.3 is 19.5 Å². The molecule has 0 radical (unpaired) electrons. The summed E-state index contributed by atoms with van der Waals surface area (Å²) in [5.41, 5.74) is 6.93. The Morgan fingerprint density at radius 3 is 2.31 bits per heavy atom. The monoisotopic (exact) mass is 456 g/mol. The number of hydrogen-bond acceptors (Lipinski definition) is 8. The molecule has 0 aliphatic heterocycles. The Hall–Kier alpha value is -3.79. The van der Waals surface area contributed by atoms with Gasteiger partial charge in [-0.05, 0) is 49.4 Å². The molecule has 3 aromatic rings. The molecule has 1 heterocycles. The lowest BCUT2D eigenvalue weighted by Crippen LogP contribution is -2.44. The minimum absolute atomic E-state index is 0.00876. The van der Waals surface area contributed by atoms with Gasteiger partial charge in [-0.25, -0.2) is 4.98 Å². The molecule has 3 rings (SSSR count). The molecule has 0 saturated heterocycles. The largest absolute Gasteiger partial charge is 0.497 e. The summed E-state index contributed by atoms with van der Waals surface area (Å²) in [6, 6.07) is 12.6. The van der Waals surface area contributed by atoms with Crippen LogP contribution >= 0.6 is 11.3 Å². The van der Waals surface area contributed by atoms with Crippen LogP contribution in [0.2, 0.25) is 0 Å². The summed E-state index contributed by atoms with van der Waals surface area (Å²) in [5.74, 6) is 1.06. The zero-order chi connectivity index (χ0) is 23.1. The highest BCUT2D eigenvalue weighted by atomic mass is 32.1. The van der Waals surface area contributed by atoms with Crippen LogP contribution in [0.3, 0.4) is 0 Å². The molecule has 0 unspecified atom stereocenters. The molecular weight excluding hydrogens is 432 g/mol. The molecule has 0 aliphatic rings. The van der Waals surface area contributed by atoms with E-state index in [2.05, 4.69) is 21.2 Å². The maximum Gasteiger partial charge on any atom is 0.281 e. The summed E-state index contributed by atoms with van der Waals surface area (Å²) in [7, 11) is 4.70. The zero-order valence-corrected chi connectivity index (χ0v) is 19.0. The van der Waals surface area contributed by atoms with Gasteiger partial charge in [0.05, 0.1) is 33.6 Å².